The van der Waals surface area contributed by atoms with E-state index >= 15 is 0 Å². The van der Waals surface area contributed by atoms with Crippen LogP contribution in [0.25, 0.3) is 0 Å². The SMILES string of the molecule is C[C@]12CCCC[C@@H]1[C@H]2C(=O)NN=C(Cc1ccccc1)Cc1ccccc1. The third-order valence-corrected chi connectivity index (χ3v) is 6.44. The van der Waals surface area contributed by atoms with Gasteiger partial charge in [-0.2, -0.15) is 5.10 Å². The highest BCUT2D eigenvalue weighted by Gasteiger charge is 2.64. The fraction of sp³-hybridized carbons (Fsp3) is 0.417. The molecule has 2 aromatic rings. The van der Waals surface area contributed by atoms with Gasteiger partial charge < -0.3 is 0 Å². The van der Waals surface area contributed by atoms with Crippen LogP contribution in [0.1, 0.15) is 43.7 Å². The number of carbonyl (C=O) groups is 1. The molecule has 27 heavy (non-hydrogen) atoms. The van der Waals surface area contributed by atoms with Gasteiger partial charge in [-0.25, -0.2) is 5.43 Å². The fourth-order valence-corrected chi connectivity index (χ4v) is 4.86. The van der Waals surface area contributed by atoms with Gasteiger partial charge >= 0.3 is 0 Å². The molecule has 2 aliphatic carbocycles. The van der Waals surface area contributed by atoms with E-state index in [1.165, 1.54) is 36.8 Å². The molecule has 2 fully saturated rings. The lowest BCUT2D eigenvalue weighted by Gasteiger charge is -2.15. The van der Waals surface area contributed by atoms with Gasteiger partial charge in [0.25, 0.3) is 0 Å². The molecule has 1 amide bonds. The molecule has 0 spiro atoms. The Bertz CT molecular complexity index is 771. The van der Waals surface area contributed by atoms with Crippen molar-refractivity contribution < 1.29 is 4.79 Å². The summed E-state index contributed by atoms with van der Waals surface area (Å²) >= 11 is 0. The Morgan fingerprint density at radius 3 is 2.11 bits per heavy atom. The van der Waals surface area contributed by atoms with Gasteiger partial charge in [-0.15, -0.1) is 0 Å². The van der Waals surface area contributed by atoms with Crippen LogP contribution in [-0.2, 0) is 17.6 Å². The Hall–Kier alpha value is -2.42. The minimum absolute atomic E-state index is 0.114. The first-order valence-electron chi connectivity index (χ1n) is 10.1. The van der Waals surface area contributed by atoms with Gasteiger partial charge in [-0.1, -0.05) is 80.4 Å². The largest absolute Gasteiger partial charge is 0.273 e. The molecule has 3 heteroatoms. The average Bonchev–Trinajstić information content (AvgIpc) is 3.33. The summed E-state index contributed by atoms with van der Waals surface area (Å²) in [7, 11) is 0. The monoisotopic (exact) mass is 360 g/mol. The van der Waals surface area contributed by atoms with Gasteiger partial charge in [0.15, 0.2) is 0 Å². The Kier molecular flexibility index (Phi) is 5.11. The van der Waals surface area contributed by atoms with E-state index in [1.54, 1.807) is 0 Å². The number of hydrogen-bond donors (Lipinski definition) is 1. The van der Waals surface area contributed by atoms with Crippen molar-refractivity contribution >= 4 is 11.6 Å². The first-order valence-corrected chi connectivity index (χ1v) is 10.1. The summed E-state index contributed by atoms with van der Waals surface area (Å²) in [4.78, 5) is 12.8. The second-order valence-electron chi connectivity index (χ2n) is 8.31. The van der Waals surface area contributed by atoms with Crippen LogP contribution in [0.3, 0.4) is 0 Å². The minimum atomic E-state index is 0.114. The zero-order chi connectivity index (χ0) is 18.7. The number of rotatable bonds is 6. The van der Waals surface area contributed by atoms with Crippen LogP contribution in [0.15, 0.2) is 65.8 Å². The molecule has 140 valence electrons. The average molecular weight is 361 g/mol. The van der Waals surface area contributed by atoms with Gasteiger partial charge in [0.2, 0.25) is 5.91 Å². The highest BCUT2D eigenvalue weighted by atomic mass is 16.2. The van der Waals surface area contributed by atoms with Crippen LogP contribution in [0, 0.1) is 17.3 Å². The van der Waals surface area contributed by atoms with Crippen LogP contribution in [-0.4, -0.2) is 11.6 Å². The molecule has 3 nitrogen and oxygen atoms in total. The molecule has 0 heterocycles. The lowest BCUT2D eigenvalue weighted by molar-refractivity contribution is -0.123. The van der Waals surface area contributed by atoms with Gasteiger partial charge in [0.05, 0.1) is 0 Å². The molecule has 0 bridgehead atoms. The van der Waals surface area contributed by atoms with Crippen LogP contribution in [0.5, 0.6) is 0 Å². The predicted octanol–water partition coefficient (Wildman–Crippen LogP) is 4.77. The summed E-state index contributed by atoms with van der Waals surface area (Å²) in [5.74, 6) is 0.828. The summed E-state index contributed by atoms with van der Waals surface area (Å²) in [5, 5.41) is 4.58. The summed E-state index contributed by atoms with van der Waals surface area (Å²) in [6.45, 7) is 2.28. The summed E-state index contributed by atoms with van der Waals surface area (Å²) in [6, 6.07) is 20.7. The van der Waals surface area contributed by atoms with Crippen LogP contribution in [0.2, 0.25) is 0 Å². The molecule has 2 saturated carbocycles. The highest BCUT2D eigenvalue weighted by molar-refractivity contribution is 5.90. The topological polar surface area (TPSA) is 41.5 Å². The van der Waals surface area contributed by atoms with E-state index in [4.69, 9.17) is 0 Å². The molecule has 0 aliphatic heterocycles. The molecule has 3 atom stereocenters. The van der Waals surface area contributed by atoms with Crippen LogP contribution < -0.4 is 5.43 Å². The van der Waals surface area contributed by atoms with Gasteiger partial charge in [-0.3, -0.25) is 4.79 Å². The van der Waals surface area contributed by atoms with E-state index in [-0.39, 0.29) is 17.2 Å². The van der Waals surface area contributed by atoms with Gasteiger partial charge in [0.1, 0.15) is 0 Å². The van der Waals surface area contributed by atoms with Crippen molar-refractivity contribution in [3.63, 3.8) is 0 Å². The van der Waals surface area contributed by atoms with Crippen molar-refractivity contribution in [1.82, 2.24) is 5.43 Å². The number of nitrogens with zero attached hydrogens (tertiary/aromatic N) is 1. The zero-order valence-corrected chi connectivity index (χ0v) is 16.0. The standard InChI is InChI=1S/C24H28N2O/c1-24-15-9-8-14-21(24)22(24)23(27)26-25-20(16-18-10-4-2-5-11-18)17-19-12-6-3-7-13-19/h2-7,10-13,21-22H,8-9,14-17H2,1H3,(H,26,27)/t21-,22+,24+/m1/s1. The number of hydrogen-bond acceptors (Lipinski definition) is 2. The number of carbonyl (C=O) groups excluding carboxylic acids is 1. The molecule has 4 rings (SSSR count). The van der Waals surface area contributed by atoms with E-state index in [2.05, 4.69) is 41.7 Å². The summed E-state index contributed by atoms with van der Waals surface area (Å²) in [6.07, 6.45) is 6.40. The van der Waals surface area contributed by atoms with E-state index in [0.29, 0.717) is 5.92 Å². The van der Waals surface area contributed by atoms with Crippen LogP contribution >= 0.6 is 0 Å². The number of hydrazone groups is 1. The fourth-order valence-electron chi connectivity index (χ4n) is 4.86. The molecule has 1 N–H and O–H groups in total. The second-order valence-corrected chi connectivity index (χ2v) is 8.31. The maximum absolute atomic E-state index is 12.8. The molecule has 0 unspecified atom stereocenters. The van der Waals surface area contributed by atoms with Crippen molar-refractivity contribution in [2.75, 3.05) is 0 Å². The van der Waals surface area contributed by atoms with Crippen molar-refractivity contribution in [3.05, 3.63) is 71.8 Å². The van der Waals surface area contributed by atoms with E-state index in [0.717, 1.165) is 18.6 Å². The first-order chi connectivity index (χ1) is 13.2. The lowest BCUT2D eigenvalue weighted by Crippen LogP contribution is -2.25. The molecule has 0 aromatic heterocycles. The predicted molar refractivity (Wildman–Crippen MR) is 109 cm³/mol. The van der Waals surface area contributed by atoms with E-state index in [1.807, 2.05) is 36.4 Å². The normalized spacial score (nSPS) is 26.0. The summed E-state index contributed by atoms with van der Waals surface area (Å²) < 4.78 is 0. The molecule has 2 aliphatic rings. The van der Waals surface area contributed by atoms with Crippen LogP contribution in [0.4, 0.5) is 0 Å². The van der Waals surface area contributed by atoms with Crippen molar-refractivity contribution in [2.45, 2.75) is 45.4 Å². The number of amides is 1. The molecule has 2 aromatic carbocycles. The van der Waals surface area contributed by atoms with Gasteiger partial charge in [0, 0.05) is 24.5 Å². The third-order valence-electron chi connectivity index (χ3n) is 6.44. The van der Waals surface area contributed by atoms with Crippen molar-refractivity contribution in [2.24, 2.45) is 22.4 Å². The van der Waals surface area contributed by atoms with Gasteiger partial charge in [-0.05, 0) is 35.3 Å². The van der Waals surface area contributed by atoms with E-state index < -0.39 is 0 Å². The quantitative estimate of drug-likeness (QED) is 0.585. The highest BCUT2D eigenvalue weighted by Crippen LogP contribution is 2.66. The van der Waals surface area contributed by atoms with Crippen molar-refractivity contribution in [1.29, 1.82) is 0 Å². The Labute approximate surface area is 161 Å². The first kappa shape index (κ1) is 18.0. The molecule has 0 radical (unpaired) electrons. The Morgan fingerprint density at radius 2 is 1.59 bits per heavy atom. The molecular formula is C24H28N2O. The number of benzene rings is 2. The maximum Gasteiger partial charge on any atom is 0.244 e. The zero-order valence-electron chi connectivity index (χ0n) is 16.0. The maximum atomic E-state index is 12.8. The number of fused-ring (bicyclic) bond motifs is 1. The molecular weight excluding hydrogens is 332 g/mol. The van der Waals surface area contributed by atoms with Crippen molar-refractivity contribution in [3.8, 4) is 0 Å². The number of nitrogens with one attached hydrogen (secondary N) is 1. The summed E-state index contributed by atoms with van der Waals surface area (Å²) in [5.41, 5.74) is 6.56. The smallest absolute Gasteiger partial charge is 0.244 e. The Morgan fingerprint density at radius 1 is 1.00 bits per heavy atom. The molecule has 0 saturated heterocycles. The second kappa shape index (κ2) is 7.67. The van der Waals surface area contributed by atoms with E-state index in [9.17, 15) is 4.79 Å². The Balaban J connectivity index is 1.47. The minimum Gasteiger partial charge on any atom is -0.273 e. The third kappa shape index (κ3) is 3.97. The lowest BCUT2D eigenvalue weighted by atomic mass is 9.90.